The molecule has 1 saturated heterocycles. The number of allylic oxidation sites excluding steroid dienone is 2. The van der Waals surface area contributed by atoms with Gasteiger partial charge in [0.2, 0.25) is 0 Å². The minimum Gasteiger partial charge on any atom is -0.455 e. The molecule has 0 radical (unpaired) electrons. The Balaban J connectivity index is 1.65. The maximum Gasteiger partial charge on any atom is 0.338 e. The standard InChI is InChI=1S/C29H39NO4/c1-2-3-8-19-29(32-23-24-33-29)20-9-7-14-26(34-27(31)25-12-5-4-6-13-25)15-21-28(16-10-17-28)18-11-22-30/h4-7,9,12-14,20,26H,2-3,8,10,15-19,21,23-24,30H2,1H3/b14-7+,20-9+. The summed E-state index contributed by atoms with van der Waals surface area (Å²) in [4.78, 5) is 12.7. The van der Waals surface area contributed by atoms with Crippen LogP contribution in [0.2, 0.25) is 0 Å². The van der Waals surface area contributed by atoms with Crippen LogP contribution in [-0.4, -0.2) is 31.1 Å². The van der Waals surface area contributed by atoms with Gasteiger partial charge in [0, 0.05) is 18.9 Å². The zero-order chi connectivity index (χ0) is 24.1. The van der Waals surface area contributed by atoms with E-state index in [4.69, 9.17) is 19.9 Å². The Bertz CT molecular complexity index is 870. The van der Waals surface area contributed by atoms with E-state index in [0.29, 0.717) is 18.8 Å². The van der Waals surface area contributed by atoms with Crippen molar-refractivity contribution in [2.24, 2.45) is 11.1 Å². The lowest BCUT2D eigenvalue weighted by Crippen LogP contribution is -2.30. The van der Waals surface area contributed by atoms with Crippen molar-refractivity contribution in [1.82, 2.24) is 0 Å². The third-order valence-electron chi connectivity index (χ3n) is 6.90. The molecule has 3 rings (SSSR count). The lowest BCUT2D eigenvalue weighted by atomic mass is 9.64. The van der Waals surface area contributed by atoms with Gasteiger partial charge in [0.15, 0.2) is 5.79 Å². The summed E-state index contributed by atoms with van der Waals surface area (Å²) in [5.74, 6) is 2.12. The number of unbranched alkanes of at least 4 members (excludes halogenated alkanes) is 2. The molecule has 1 aromatic rings. The number of esters is 1. The molecule has 0 spiro atoms. The van der Waals surface area contributed by atoms with E-state index in [1.165, 1.54) is 6.42 Å². The number of benzene rings is 1. The summed E-state index contributed by atoms with van der Waals surface area (Å²) in [6, 6.07) is 11.7. The van der Waals surface area contributed by atoms with Crippen molar-refractivity contribution >= 4 is 5.97 Å². The molecule has 1 aromatic carbocycles. The molecule has 0 aromatic heterocycles. The first kappa shape index (κ1) is 26.1. The van der Waals surface area contributed by atoms with E-state index >= 15 is 0 Å². The molecular formula is C29H39NO4. The summed E-state index contributed by atoms with van der Waals surface area (Å²) in [6.07, 6.45) is 17.8. The van der Waals surface area contributed by atoms with Gasteiger partial charge in [0.1, 0.15) is 6.10 Å². The maximum absolute atomic E-state index is 12.7. The lowest BCUT2D eigenvalue weighted by Gasteiger charge is -2.41. The zero-order valence-corrected chi connectivity index (χ0v) is 20.5. The SMILES string of the molecule is CCCCCC1(/C=C/C=C/C(CCC2(CC#CN)CCC2)OC(=O)c2ccccc2)OCCO1. The van der Waals surface area contributed by atoms with Crippen molar-refractivity contribution in [1.29, 1.82) is 0 Å². The highest BCUT2D eigenvalue weighted by Gasteiger charge is 2.36. The van der Waals surface area contributed by atoms with Crippen LogP contribution in [0.25, 0.3) is 0 Å². The second kappa shape index (κ2) is 13.4. The number of carbonyl (C=O) groups is 1. The molecule has 1 heterocycles. The van der Waals surface area contributed by atoms with Gasteiger partial charge in [-0.25, -0.2) is 4.79 Å². The number of hydrogen-bond acceptors (Lipinski definition) is 5. The second-order valence-corrected chi connectivity index (χ2v) is 9.41. The van der Waals surface area contributed by atoms with Crippen LogP contribution in [0, 0.1) is 17.4 Å². The van der Waals surface area contributed by atoms with Gasteiger partial charge < -0.3 is 19.9 Å². The van der Waals surface area contributed by atoms with Gasteiger partial charge in [-0.1, -0.05) is 62.5 Å². The summed E-state index contributed by atoms with van der Waals surface area (Å²) in [5, 5.41) is 0. The predicted octanol–water partition coefficient (Wildman–Crippen LogP) is 5.91. The lowest BCUT2D eigenvalue weighted by molar-refractivity contribution is -0.122. The van der Waals surface area contributed by atoms with Crippen molar-refractivity contribution < 1.29 is 19.0 Å². The van der Waals surface area contributed by atoms with E-state index < -0.39 is 5.79 Å². The van der Waals surface area contributed by atoms with Crippen molar-refractivity contribution in [3.8, 4) is 12.0 Å². The maximum atomic E-state index is 12.7. The molecule has 1 atom stereocenters. The monoisotopic (exact) mass is 465 g/mol. The van der Waals surface area contributed by atoms with Gasteiger partial charge in [-0.15, -0.1) is 0 Å². The average Bonchev–Trinajstić information content (AvgIpc) is 3.30. The van der Waals surface area contributed by atoms with Crippen molar-refractivity contribution in [2.45, 2.75) is 83.0 Å². The van der Waals surface area contributed by atoms with Gasteiger partial charge in [-0.05, 0) is 61.8 Å². The molecule has 34 heavy (non-hydrogen) atoms. The van der Waals surface area contributed by atoms with Crippen LogP contribution in [0.15, 0.2) is 54.6 Å². The summed E-state index contributed by atoms with van der Waals surface area (Å²) in [5.41, 5.74) is 6.17. The Labute approximate surface area is 204 Å². The fourth-order valence-corrected chi connectivity index (χ4v) is 4.66. The first-order valence-electron chi connectivity index (χ1n) is 12.7. The zero-order valence-electron chi connectivity index (χ0n) is 20.5. The third-order valence-corrected chi connectivity index (χ3v) is 6.90. The van der Waals surface area contributed by atoms with Crippen LogP contribution in [-0.2, 0) is 14.2 Å². The number of rotatable bonds is 13. The fraction of sp³-hybridized carbons (Fsp3) is 0.552. The Hall–Kier alpha value is -2.55. The fourth-order valence-electron chi connectivity index (χ4n) is 4.66. The highest BCUT2D eigenvalue weighted by molar-refractivity contribution is 5.89. The first-order valence-corrected chi connectivity index (χ1v) is 12.7. The van der Waals surface area contributed by atoms with Crippen LogP contribution in [0.5, 0.6) is 0 Å². The van der Waals surface area contributed by atoms with E-state index in [1.807, 2.05) is 42.5 Å². The van der Waals surface area contributed by atoms with Crippen molar-refractivity contribution in [3.05, 3.63) is 60.2 Å². The molecule has 1 aliphatic carbocycles. The normalized spacial score (nSPS) is 19.4. The Morgan fingerprint density at radius 3 is 2.56 bits per heavy atom. The van der Waals surface area contributed by atoms with Gasteiger partial charge in [-0.2, -0.15) is 0 Å². The molecule has 1 aliphatic heterocycles. The van der Waals surface area contributed by atoms with Gasteiger partial charge in [0.25, 0.3) is 0 Å². The highest BCUT2D eigenvalue weighted by atomic mass is 16.7. The van der Waals surface area contributed by atoms with Gasteiger partial charge >= 0.3 is 5.97 Å². The molecule has 0 bridgehead atoms. The molecule has 2 fully saturated rings. The minimum absolute atomic E-state index is 0.197. The van der Waals surface area contributed by atoms with Crippen LogP contribution in [0.3, 0.4) is 0 Å². The van der Waals surface area contributed by atoms with Gasteiger partial charge in [0.05, 0.1) is 18.8 Å². The summed E-state index contributed by atoms with van der Waals surface area (Å²) in [7, 11) is 0. The molecule has 1 saturated carbocycles. The number of nitrogens with two attached hydrogens (primary N) is 1. The average molecular weight is 466 g/mol. The summed E-state index contributed by atoms with van der Waals surface area (Å²) in [6.45, 7) is 3.42. The molecule has 184 valence electrons. The smallest absolute Gasteiger partial charge is 0.338 e. The number of ether oxygens (including phenoxy) is 3. The van der Waals surface area contributed by atoms with Gasteiger partial charge in [-0.3, -0.25) is 0 Å². The van der Waals surface area contributed by atoms with E-state index in [2.05, 4.69) is 18.9 Å². The van der Waals surface area contributed by atoms with Crippen molar-refractivity contribution in [3.63, 3.8) is 0 Å². The molecule has 0 amide bonds. The summed E-state index contributed by atoms with van der Waals surface area (Å²) >= 11 is 0. The van der Waals surface area contributed by atoms with Crippen LogP contribution in [0.4, 0.5) is 0 Å². The molecule has 2 N–H and O–H groups in total. The minimum atomic E-state index is -0.632. The van der Waals surface area contributed by atoms with E-state index in [1.54, 1.807) is 12.1 Å². The van der Waals surface area contributed by atoms with E-state index in [9.17, 15) is 4.79 Å². The van der Waals surface area contributed by atoms with Crippen LogP contribution in [0.1, 0.15) is 81.5 Å². The Kier molecular flexibility index (Phi) is 10.2. The van der Waals surface area contributed by atoms with Crippen LogP contribution >= 0.6 is 0 Å². The van der Waals surface area contributed by atoms with E-state index in [0.717, 1.165) is 57.8 Å². The number of carbonyl (C=O) groups excluding carboxylic acids is 1. The number of hydrogen-bond donors (Lipinski definition) is 1. The topological polar surface area (TPSA) is 70.8 Å². The molecular weight excluding hydrogens is 426 g/mol. The first-order chi connectivity index (χ1) is 16.6. The van der Waals surface area contributed by atoms with Crippen LogP contribution < -0.4 is 5.73 Å². The summed E-state index contributed by atoms with van der Waals surface area (Å²) < 4.78 is 17.7. The quantitative estimate of drug-likeness (QED) is 0.129. The molecule has 2 aliphatic rings. The van der Waals surface area contributed by atoms with E-state index in [-0.39, 0.29) is 17.5 Å². The second-order valence-electron chi connectivity index (χ2n) is 9.41. The largest absolute Gasteiger partial charge is 0.455 e. The molecule has 5 heteroatoms. The Morgan fingerprint density at radius 1 is 1.15 bits per heavy atom. The highest BCUT2D eigenvalue weighted by Crippen LogP contribution is 2.47. The third kappa shape index (κ3) is 7.75. The molecule has 1 unspecified atom stereocenters. The predicted molar refractivity (Wildman–Crippen MR) is 135 cm³/mol. The molecule has 5 nitrogen and oxygen atoms in total. The van der Waals surface area contributed by atoms with Crippen molar-refractivity contribution in [2.75, 3.05) is 13.2 Å². The Morgan fingerprint density at radius 2 is 1.91 bits per heavy atom.